The third-order valence-electron chi connectivity index (χ3n) is 7.55. The number of ether oxygens (including phenoxy) is 1. The van der Waals surface area contributed by atoms with Gasteiger partial charge in [-0.3, -0.25) is 0 Å². The monoisotopic (exact) mass is 699 g/mol. The summed E-state index contributed by atoms with van der Waals surface area (Å²) in [6.45, 7) is 0. The Morgan fingerprint density at radius 2 is 1.83 bits per heavy atom. The van der Waals surface area contributed by atoms with Crippen molar-refractivity contribution in [3.05, 3.63) is 104 Å². The minimum absolute atomic E-state index is 0.00180. The van der Waals surface area contributed by atoms with Crippen LogP contribution in [0.5, 0.6) is 11.5 Å². The van der Waals surface area contributed by atoms with Crippen LogP contribution in [0.3, 0.4) is 0 Å². The number of aromatic nitrogens is 3. The third-order valence-corrected chi connectivity index (χ3v) is 9.63. The summed E-state index contributed by atoms with van der Waals surface area (Å²) in [6.07, 6.45) is 8.61. The number of nitrogens with zero attached hydrogens (tertiary/aromatic N) is 1. The zero-order valence-corrected chi connectivity index (χ0v) is 25.5. The van der Waals surface area contributed by atoms with Gasteiger partial charge in [-0.2, -0.15) is 0 Å². The van der Waals surface area contributed by atoms with E-state index >= 15 is 8.78 Å². The molecule has 6 nitrogen and oxygen atoms in total. The highest BCUT2D eigenvalue weighted by molar-refractivity contribution is 14.1. The number of halogens is 3. The first-order valence-electron chi connectivity index (χ1n) is 13.8. The summed E-state index contributed by atoms with van der Waals surface area (Å²) in [5, 5.41) is 1.73. The Morgan fingerprint density at radius 1 is 0.976 bits per heavy atom. The minimum Gasteiger partial charge on any atom is -0.454 e. The van der Waals surface area contributed by atoms with E-state index in [1.54, 1.807) is 18.5 Å². The number of benzene rings is 3. The first-order valence-corrected chi connectivity index (χ1v) is 16.6. The standard InChI is InChI=1S/C32H28F2IN3O3S/c33-27-10-9-22-17-26(27)32-37-19-30(38-32)23(20-6-5-7-21(35)16-20)8-3-1-2-4-14-42(39,40)15-12-25-24-11-13-36-29(24)18-28(34)31(25)41-22/h5-7,9-13,15-19,23,36H,1-4,8,14H2,(H,37,38)/b15-12-. The van der Waals surface area contributed by atoms with Gasteiger partial charge >= 0.3 is 0 Å². The van der Waals surface area contributed by atoms with Gasteiger partial charge in [-0.25, -0.2) is 22.2 Å². The van der Waals surface area contributed by atoms with E-state index in [4.69, 9.17) is 4.74 Å². The minimum atomic E-state index is -3.55. The first-order chi connectivity index (χ1) is 20.3. The topological polar surface area (TPSA) is 87.8 Å². The van der Waals surface area contributed by atoms with Crippen LogP contribution in [0.15, 0.2) is 72.4 Å². The van der Waals surface area contributed by atoms with Gasteiger partial charge in [0.15, 0.2) is 21.4 Å². The van der Waals surface area contributed by atoms with Gasteiger partial charge in [0, 0.05) is 55.5 Å². The predicted molar refractivity (Wildman–Crippen MR) is 169 cm³/mol. The number of rotatable bonds is 1. The molecule has 0 amide bonds. The molecule has 0 spiro atoms. The summed E-state index contributed by atoms with van der Waals surface area (Å²) >= 11 is 2.29. The molecule has 4 bridgehead atoms. The van der Waals surface area contributed by atoms with E-state index < -0.39 is 21.5 Å². The molecule has 0 fully saturated rings. The van der Waals surface area contributed by atoms with Crippen molar-refractivity contribution in [3.63, 3.8) is 0 Å². The second kappa shape index (κ2) is 12.0. The molecule has 3 aromatic carbocycles. The lowest BCUT2D eigenvalue weighted by Crippen LogP contribution is -2.04. The fourth-order valence-corrected chi connectivity index (χ4v) is 7.09. The van der Waals surface area contributed by atoms with Gasteiger partial charge in [-0.1, -0.05) is 31.4 Å². The first kappa shape index (κ1) is 28.6. The van der Waals surface area contributed by atoms with Gasteiger partial charge in [0.2, 0.25) is 0 Å². The van der Waals surface area contributed by atoms with Crippen molar-refractivity contribution in [2.24, 2.45) is 0 Å². The Bertz CT molecular complexity index is 1900. The molecule has 0 saturated heterocycles. The molecule has 2 aromatic heterocycles. The van der Waals surface area contributed by atoms with Crippen molar-refractivity contribution in [3.8, 4) is 22.9 Å². The van der Waals surface area contributed by atoms with Crippen molar-refractivity contribution in [2.45, 2.75) is 38.0 Å². The summed E-state index contributed by atoms with van der Waals surface area (Å²) in [5.74, 6) is -0.814. The Morgan fingerprint density at radius 3 is 2.69 bits per heavy atom. The van der Waals surface area contributed by atoms with Gasteiger partial charge in [-0.05, 0) is 83.5 Å². The van der Waals surface area contributed by atoms with Crippen LogP contribution in [0.4, 0.5) is 8.78 Å². The van der Waals surface area contributed by atoms with E-state index in [1.165, 1.54) is 30.3 Å². The largest absolute Gasteiger partial charge is 0.454 e. The SMILES string of the molecule is O=S1(=O)/C=C\c2c(c(F)cc3[nH]ccc23)Oc2ccc(F)c(c2)-c2ncc([nH]2)C(c2cccc(I)c2)CCCCCC1. The maximum absolute atomic E-state index is 15.4. The van der Waals surface area contributed by atoms with E-state index in [9.17, 15) is 8.42 Å². The highest BCUT2D eigenvalue weighted by atomic mass is 127. The van der Waals surface area contributed by atoms with Crippen molar-refractivity contribution >= 4 is 49.4 Å². The number of sulfone groups is 1. The molecule has 10 heteroatoms. The lowest BCUT2D eigenvalue weighted by molar-refractivity contribution is 0.441. The van der Waals surface area contributed by atoms with Crippen LogP contribution in [-0.4, -0.2) is 29.1 Å². The van der Waals surface area contributed by atoms with Crippen molar-refractivity contribution in [1.29, 1.82) is 0 Å². The lowest BCUT2D eigenvalue weighted by atomic mass is 9.90. The van der Waals surface area contributed by atoms with Crippen LogP contribution in [0.25, 0.3) is 28.4 Å². The molecule has 0 radical (unpaired) electrons. The highest BCUT2D eigenvalue weighted by Gasteiger charge is 2.21. The van der Waals surface area contributed by atoms with Gasteiger partial charge in [0.1, 0.15) is 17.4 Å². The number of nitrogens with one attached hydrogen (secondary N) is 2. The maximum atomic E-state index is 15.4. The molecular weight excluding hydrogens is 671 g/mol. The van der Waals surface area contributed by atoms with E-state index in [2.05, 4.69) is 49.7 Å². The summed E-state index contributed by atoms with van der Waals surface area (Å²) in [7, 11) is -3.55. The van der Waals surface area contributed by atoms with Crippen LogP contribution in [0.1, 0.15) is 54.8 Å². The molecule has 0 saturated carbocycles. The molecule has 1 atom stereocenters. The quantitative estimate of drug-likeness (QED) is 0.172. The second-order valence-corrected chi connectivity index (χ2v) is 13.7. The summed E-state index contributed by atoms with van der Waals surface area (Å²) in [5.41, 5.74) is 2.94. The molecule has 216 valence electrons. The number of imidazole rings is 1. The number of fused-ring (bicyclic) bond motifs is 8. The summed E-state index contributed by atoms with van der Waals surface area (Å²) in [6, 6.07) is 15.4. The highest BCUT2D eigenvalue weighted by Crippen LogP contribution is 2.38. The van der Waals surface area contributed by atoms with Crippen molar-refractivity contribution in [2.75, 3.05) is 5.75 Å². The number of aromatic amines is 2. The van der Waals surface area contributed by atoms with E-state index in [0.29, 0.717) is 23.1 Å². The van der Waals surface area contributed by atoms with Crippen molar-refractivity contribution in [1.82, 2.24) is 15.0 Å². The molecule has 5 aromatic rings. The Labute approximate surface area is 256 Å². The van der Waals surface area contributed by atoms with Crippen LogP contribution < -0.4 is 4.74 Å². The second-order valence-electron chi connectivity index (χ2n) is 10.5. The predicted octanol–water partition coefficient (Wildman–Crippen LogP) is 8.71. The Hall–Kier alpha value is -3.51. The van der Waals surface area contributed by atoms with E-state index in [1.807, 2.05) is 12.1 Å². The number of hydrogen-bond acceptors (Lipinski definition) is 4. The number of H-pyrrole nitrogens is 2. The van der Waals surface area contributed by atoms with Crippen molar-refractivity contribution < 1.29 is 21.9 Å². The maximum Gasteiger partial charge on any atom is 0.171 e. The van der Waals surface area contributed by atoms with Gasteiger partial charge in [-0.15, -0.1) is 0 Å². The average molecular weight is 700 g/mol. The summed E-state index contributed by atoms with van der Waals surface area (Å²) in [4.78, 5) is 10.8. The Kier molecular flexibility index (Phi) is 8.17. The fraction of sp³-hybridized carbons (Fsp3) is 0.219. The Balaban J connectivity index is 1.46. The van der Waals surface area contributed by atoms with Gasteiger partial charge in [0.05, 0.1) is 11.3 Å². The van der Waals surface area contributed by atoms with Crippen LogP contribution in [0, 0.1) is 15.2 Å². The smallest absolute Gasteiger partial charge is 0.171 e. The molecule has 2 N–H and O–H groups in total. The average Bonchev–Trinajstić information content (AvgIpc) is 3.63. The molecule has 1 aliphatic heterocycles. The van der Waals surface area contributed by atoms with E-state index in [-0.39, 0.29) is 34.3 Å². The molecular formula is C32H28F2IN3O3S. The molecule has 42 heavy (non-hydrogen) atoms. The van der Waals surface area contributed by atoms with Crippen LogP contribution in [-0.2, 0) is 9.84 Å². The fourth-order valence-electron chi connectivity index (χ4n) is 5.44. The van der Waals surface area contributed by atoms with E-state index in [0.717, 1.165) is 45.9 Å². The zero-order valence-electron chi connectivity index (χ0n) is 22.5. The van der Waals surface area contributed by atoms with Gasteiger partial charge in [0.25, 0.3) is 0 Å². The zero-order chi connectivity index (χ0) is 29.3. The summed E-state index contributed by atoms with van der Waals surface area (Å²) < 4.78 is 63.5. The third kappa shape index (κ3) is 6.14. The van der Waals surface area contributed by atoms with Crippen LogP contribution in [0.2, 0.25) is 0 Å². The molecule has 0 aliphatic carbocycles. The molecule has 6 rings (SSSR count). The molecule has 1 aliphatic rings. The lowest BCUT2D eigenvalue weighted by Gasteiger charge is -2.16. The number of hydrogen-bond donors (Lipinski definition) is 2. The normalized spacial score (nSPS) is 18.3. The van der Waals surface area contributed by atoms with Crippen LogP contribution >= 0.6 is 22.6 Å². The molecule has 3 heterocycles. The van der Waals surface area contributed by atoms with Gasteiger partial charge < -0.3 is 14.7 Å². The molecule has 1 unspecified atom stereocenters.